The number of fused-ring (bicyclic) bond motifs is 1. The van der Waals surface area contributed by atoms with Gasteiger partial charge in [0, 0.05) is 30.8 Å². The number of carbonyl (C=O) groups is 1. The molecule has 1 amide bonds. The quantitative estimate of drug-likeness (QED) is 0.809. The summed E-state index contributed by atoms with van der Waals surface area (Å²) in [6.45, 7) is 4.39. The average molecular weight is 348 g/mol. The number of halogens is 1. The van der Waals surface area contributed by atoms with Gasteiger partial charge in [-0.15, -0.1) is 0 Å². The van der Waals surface area contributed by atoms with Gasteiger partial charge in [0.15, 0.2) is 0 Å². The number of anilines is 1. The van der Waals surface area contributed by atoms with E-state index in [1.54, 1.807) is 4.90 Å². The Bertz CT molecular complexity index is 663. The summed E-state index contributed by atoms with van der Waals surface area (Å²) < 4.78 is 19.6. The zero-order valence-corrected chi connectivity index (χ0v) is 14.7. The first-order valence-electron chi connectivity index (χ1n) is 9.27. The molecule has 0 radical (unpaired) electrons. The van der Waals surface area contributed by atoms with Crippen LogP contribution in [0.3, 0.4) is 0 Å². The van der Waals surface area contributed by atoms with Crippen LogP contribution < -0.4 is 4.90 Å². The number of rotatable bonds is 2. The molecule has 0 saturated carbocycles. The Kier molecular flexibility index (Phi) is 4.58. The maximum absolute atomic E-state index is 14.3. The fourth-order valence-corrected chi connectivity index (χ4v) is 4.18. The lowest BCUT2D eigenvalue weighted by atomic mass is 9.96. The van der Waals surface area contributed by atoms with Gasteiger partial charge in [0.2, 0.25) is 5.91 Å². The van der Waals surface area contributed by atoms with Gasteiger partial charge < -0.3 is 14.5 Å². The first-order valence-corrected chi connectivity index (χ1v) is 9.27. The van der Waals surface area contributed by atoms with Gasteiger partial charge in [0.1, 0.15) is 23.9 Å². The standard InChI is InChI=1S/C18H25FN4O2/c1-12-20-15-5-3-2-4-14(15)17(21-12)23-11-13(19)10-16(23)18(24)22-6-8-25-9-7-22/h13,16H,2-11H2,1H3/t13-,16+/m1/s1. The summed E-state index contributed by atoms with van der Waals surface area (Å²) in [5, 5.41) is 0. The van der Waals surface area contributed by atoms with Crippen molar-refractivity contribution in [2.75, 3.05) is 37.7 Å². The SMILES string of the molecule is Cc1nc2c(c(N3C[C@H](F)C[C@H]3C(=O)N3CCOCC3)n1)CCCC2. The van der Waals surface area contributed by atoms with E-state index in [1.165, 1.54) is 0 Å². The smallest absolute Gasteiger partial charge is 0.245 e. The molecule has 0 N–H and O–H groups in total. The fourth-order valence-electron chi connectivity index (χ4n) is 4.18. The molecule has 2 atom stereocenters. The Morgan fingerprint density at radius 3 is 2.76 bits per heavy atom. The van der Waals surface area contributed by atoms with Gasteiger partial charge in [-0.2, -0.15) is 0 Å². The van der Waals surface area contributed by atoms with Crippen LogP contribution in [0.4, 0.5) is 10.2 Å². The monoisotopic (exact) mass is 348 g/mol. The van der Waals surface area contributed by atoms with Crippen molar-refractivity contribution in [3.05, 3.63) is 17.1 Å². The van der Waals surface area contributed by atoms with Crippen LogP contribution in [-0.2, 0) is 22.4 Å². The summed E-state index contributed by atoms with van der Waals surface area (Å²) in [6, 6.07) is -0.464. The minimum atomic E-state index is -0.996. The van der Waals surface area contributed by atoms with Gasteiger partial charge in [-0.1, -0.05) is 0 Å². The van der Waals surface area contributed by atoms with Crippen molar-refractivity contribution in [3.8, 4) is 0 Å². The zero-order valence-electron chi connectivity index (χ0n) is 14.7. The van der Waals surface area contributed by atoms with Crippen molar-refractivity contribution in [1.82, 2.24) is 14.9 Å². The Hall–Kier alpha value is -1.76. The van der Waals surface area contributed by atoms with E-state index in [1.807, 2.05) is 11.8 Å². The topological polar surface area (TPSA) is 58.6 Å². The van der Waals surface area contributed by atoms with E-state index in [2.05, 4.69) is 9.97 Å². The summed E-state index contributed by atoms with van der Waals surface area (Å²) in [6.07, 6.45) is 3.34. The van der Waals surface area contributed by atoms with Crippen molar-refractivity contribution >= 4 is 11.7 Å². The van der Waals surface area contributed by atoms with E-state index in [0.717, 1.165) is 42.8 Å². The highest BCUT2D eigenvalue weighted by Crippen LogP contribution is 2.34. The number of nitrogens with zero attached hydrogens (tertiary/aromatic N) is 4. The van der Waals surface area contributed by atoms with E-state index in [9.17, 15) is 9.18 Å². The number of aromatic nitrogens is 2. The fraction of sp³-hybridized carbons (Fsp3) is 0.722. The summed E-state index contributed by atoms with van der Waals surface area (Å²) in [5.74, 6) is 1.49. The summed E-state index contributed by atoms with van der Waals surface area (Å²) in [4.78, 5) is 25.9. The Labute approximate surface area is 147 Å². The van der Waals surface area contributed by atoms with E-state index < -0.39 is 12.2 Å². The summed E-state index contributed by atoms with van der Waals surface area (Å²) >= 11 is 0. The molecule has 2 saturated heterocycles. The molecule has 1 aromatic rings. The normalized spacial score (nSPS) is 26.6. The molecule has 0 unspecified atom stereocenters. The third-order valence-corrected chi connectivity index (χ3v) is 5.40. The molecule has 1 aliphatic carbocycles. The highest BCUT2D eigenvalue weighted by molar-refractivity contribution is 5.86. The minimum absolute atomic E-state index is 0.00396. The summed E-state index contributed by atoms with van der Waals surface area (Å²) in [5.41, 5.74) is 2.19. The van der Waals surface area contributed by atoms with Crippen molar-refractivity contribution in [1.29, 1.82) is 0 Å². The number of carbonyl (C=O) groups excluding carboxylic acids is 1. The highest BCUT2D eigenvalue weighted by atomic mass is 19.1. The van der Waals surface area contributed by atoms with E-state index in [4.69, 9.17) is 4.74 Å². The van der Waals surface area contributed by atoms with Crippen molar-refractivity contribution in [2.45, 2.75) is 51.2 Å². The van der Waals surface area contributed by atoms with Crippen LogP contribution in [0.5, 0.6) is 0 Å². The molecule has 2 fully saturated rings. The lowest BCUT2D eigenvalue weighted by Crippen LogP contribution is -2.50. The summed E-state index contributed by atoms with van der Waals surface area (Å²) in [7, 11) is 0. The molecule has 2 aliphatic heterocycles. The van der Waals surface area contributed by atoms with E-state index in [0.29, 0.717) is 32.1 Å². The van der Waals surface area contributed by atoms with Gasteiger partial charge in [0.25, 0.3) is 0 Å². The molecule has 0 bridgehead atoms. The third-order valence-electron chi connectivity index (χ3n) is 5.40. The predicted molar refractivity (Wildman–Crippen MR) is 91.5 cm³/mol. The van der Waals surface area contributed by atoms with Crippen molar-refractivity contribution in [3.63, 3.8) is 0 Å². The van der Waals surface area contributed by atoms with Gasteiger partial charge in [-0.3, -0.25) is 4.79 Å². The Morgan fingerprint density at radius 1 is 1.20 bits per heavy atom. The van der Waals surface area contributed by atoms with Gasteiger partial charge >= 0.3 is 0 Å². The zero-order chi connectivity index (χ0) is 17.4. The minimum Gasteiger partial charge on any atom is -0.378 e. The third kappa shape index (κ3) is 3.21. The van der Waals surface area contributed by atoms with Crippen molar-refractivity contribution in [2.24, 2.45) is 0 Å². The van der Waals surface area contributed by atoms with Crippen LogP contribution in [0.15, 0.2) is 0 Å². The lowest BCUT2D eigenvalue weighted by Gasteiger charge is -2.34. The highest BCUT2D eigenvalue weighted by Gasteiger charge is 2.41. The van der Waals surface area contributed by atoms with Gasteiger partial charge in [-0.05, 0) is 32.6 Å². The van der Waals surface area contributed by atoms with Crippen LogP contribution in [0.25, 0.3) is 0 Å². The molecule has 4 rings (SSSR count). The molecular formula is C18H25FN4O2. The number of aryl methyl sites for hydroxylation is 2. The number of hydrogen-bond donors (Lipinski definition) is 0. The molecule has 3 heterocycles. The first-order chi connectivity index (χ1) is 12.1. The maximum atomic E-state index is 14.3. The number of alkyl halides is 1. The molecule has 3 aliphatic rings. The predicted octanol–water partition coefficient (Wildman–Crippen LogP) is 1.44. The lowest BCUT2D eigenvalue weighted by molar-refractivity contribution is -0.136. The molecule has 25 heavy (non-hydrogen) atoms. The molecular weight excluding hydrogens is 323 g/mol. The number of hydrogen-bond acceptors (Lipinski definition) is 5. The Morgan fingerprint density at radius 2 is 1.96 bits per heavy atom. The molecule has 136 valence electrons. The Balaban J connectivity index is 1.66. The average Bonchev–Trinajstić information content (AvgIpc) is 3.02. The van der Waals surface area contributed by atoms with Gasteiger partial charge in [-0.25, -0.2) is 14.4 Å². The second-order valence-electron chi connectivity index (χ2n) is 7.17. The van der Waals surface area contributed by atoms with Crippen LogP contribution in [0, 0.1) is 6.92 Å². The van der Waals surface area contributed by atoms with Crippen LogP contribution in [0.1, 0.15) is 36.3 Å². The largest absolute Gasteiger partial charge is 0.378 e. The molecule has 0 spiro atoms. The molecule has 7 heteroatoms. The number of amides is 1. The molecule has 1 aromatic heterocycles. The number of morpholine rings is 1. The molecule has 0 aromatic carbocycles. The van der Waals surface area contributed by atoms with Crippen LogP contribution >= 0.6 is 0 Å². The maximum Gasteiger partial charge on any atom is 0.245 e. The van der Waals surface area contributed by atoms with E-state index >= 15 is 0 Å². The van der Waals surface area contributed by atoms with Crippen LogP contribution in [0.2, 0.25) is 0 Å². The van der Waals surface area contributed by atoms with Gasteiger partial charge in [0.05, 0.1) is 19.8 Å². The molecule has 6 nitrogen and oxygen atoms in total. The number of ether oxygens (including phenoxy) is 1. The van der Waals surface area contributed by atoms with Crippen LogP contribution in [-0.4, -0.2) is 65.8 Å². The van der Waals surface area contributed by atoms with Crippen molar-refractivity contribution < 1.29 is 13.9 Å². The second kappa shape index (κ2) is 6.86. The first kappa shape index (κ1) is 16.7. The second-order valence-corrected chi connectivity index (χ2v) is 7.17. The van der Waals surface area contributed by atoms with E-state index in [-0.39, 0.29) is 18.9 Å².